The molecule has 80 valence electrons. The highest BCUT2D eigenvalue weighted by Crippen LogP contribution is 2.16. The van der Waals surface area contributed by atoms with E-state index >= 15 is 0 Å². The van der Waals surface area contributed by atoms with Gasteiger partial charge in [0, 0.05) is 6.04 Å². The van der Waals surface area contributed by atoms with Crippen molar-refractivity contribution in [3.63, 3.8) is 0 Å². The maximum absolute atomic E-state index is 6.04. The Kier molecular flexibility index (Phi) is 7.54. The molecule has 0 saturated heterocycles. The first kappa shape index (κ1) is 13.5. The Labute approximate surface area is 93.1 Å². The van der Waals surface area contributed by atoms with Gasteiger partial charge in [0.05, 0.1) is 0 Å². The van der Waals surface area contributed by atoms with Crippen molar-refractivity contribution in [3.8, 4) is 0 Å². The Morgan fingerprint density at radius 1 is 1.14 bits per heavy atom. The van der Waals surface area contributed by atoms with Gasteiger partial charge in [-0.1, -0.05) is 56.5 Å². The van der Waals surface area contributed by atoms with Crippen LogP contribution >= 0.6 is 12.4 Å². The van der Waals surface area contributed by atoms with Crippen LogP contribution in [0.15, 0.2) is 30.3 Å². The molecule has 0 spiro atoms. The quantitative estimate of drug-likeness (QED) is 0.742. The minimum atomic E-state index is 0. The molecule has 0 heterocycles. The highest BCUT2D eigenvalue weighted by Gasteiger charge is 2.03. The maximum atomic E-state index is 6.04. The second kappa shape index (κ2) is 7.84. The van der Waals surface area contributed by atoms with Gasteiger partial charge in [0.25, 0.3) is 0 Å². The molecule has 2 heteroatoms. The van der Waals surface area contributed by atoms with Crippen LogP contribution in [0.2, 0.25) is 0 Å². The van der Waals surface area contributed by atoms with E-state index < -0.39 is 0 Å². The lowest BCUT2D eigenvalue weighted by molar-refractivity contribution is 0.581. The lowest BCUT2D eigenvalue weighted by atomic mass is 10.0. The Balaban J connectivity index is 0.00000169. The fourth-order valence-electron chi connectivity index (χ4n) is 1.48. The van der Waals surface area contributed by atoms with E-state index in [2.05, 4.69) is 31.2 Å². The third-order valence-electron chi connectivity index (χ3n) is 2.35. The molecule has 2 N–H and O–H groups in total. The number of hydrogen-bond acceptors (Lipinski definition) is 1. The van der Waals surface area contributed by atoms with Crippen LogP contribution in [0.4, 0.5) is 0 Å². The van der Waals surface area contributed by atoms with Gasteiger partial charge >= 0.3 is 0 Å². The van der Waals surface area contributed by atoms with Crippen molar-refractivity contribution in [3.05, 3.63) is 35.9 Å². The molecule has 14 heavy (non-hydrogen) atoms. The lowest BCUT2D eigenvalue weighted by Crippen LogP contribution is -2.09. The molecule has 0 aliphatic carbocycles. The van der Waals surface area contributed by atoms with Gasteiger partial charge < -0.3 is 5.73 Å². The normalized spacial score (nSPS) is 11.9. The minimum Gasteiger partial charge on any atom is -0.324 e. The number of nitrogens with two attached hydrogens (primary N) is 1. The van der Waals surface area contributed by atoms with Gasteiger partial charge in [-0.3, -0.25) is 0 Å². The summed E-state index contributed by atoms with van der Waals surface area (Å²) >= 11 is 0. The van der Waals surface area contributed by atoms with Crippen molar-refractivity contribution < 1.29 is 0 Å². The molecule has 1 nitrogen and oxygen atoms in total. The third-order valence-corrected chi connectivity index (χ3v) is 2.35. The van der Waals surface area contributed by atoms with E-state index in [-0.39, 0.29) is 18.4 Å². The molecule has 1 aromatic rings. The van der Waals surface area contributed by atoms with E-state index in [1.807, 2.05) is 6.07 Å². The molecule has 1 atom stereocenters. The fourth-order valence-corrected chi connectivity index (χ4v) is 1.48. The number of unbranched alkanes of at least 4 members (excludes halogenated alkanes) is 2. The van der Waals surface area contributed by atoms with Gasteiger partial charge in [0.1, 0.15) is 0 Å². The number of rotatable bonds is 5. The minimum absolute atomic E-state index is 0. The van der Waals surface area contributed by atoms with Gasteiger partial charge in [-0.15, -0.1) is 12.4 Å². The summed E-state index contributed by atoms with van der Waals surface area (Å²) in [6.07, 6.45) is 4.91. The summed E-state index contributed by atoms with van der Waals surface area (Å²) in [5, 5.41) is 0. The first-order valence-corrected chi connectivity index (χ1v) is 5.15. The first-order chi connectivity index (χ1) is 6.34. The SMILES string of the molecule is CCCCC[C@H](N)c1ccccc1.Cl. The van der Waals surface area contributed by atoms with Crippen molar-refractivity contribution in [1.82, 2.24) is 0 Å². The standard InChI is InChI=1S/C12H19N.ClH/c1-2-3-5-10-12(13)11-8-6-4-7-9-11;/h4,6-9,12H,2-3,5,10,13H2,1H3;1H/t12-;/m0./s1. The zero-order valence-electron chi connectivity index (χ0n) is 8.78. The summed E-state index contributed by atoms with van der Waals surface area (Å²) in [5.41, 5.74) is 7.30. The Morgan fingerprint density at radius 3 is 2.36 bits per heavy atom. The van der Waals surface area contributed by atoms with Gasteiger partial charge in [-0.2, -0.15) is 0 Å². The predicted octanol–water partition coefficient (Wildman–Crippen LogP) is 3.69. The molecule has 0 bridgehead atoms. The lowest BCUT2D eigenvalue weighted by Gasteiger charge is -2.10. The van der Waals surface area contributed by atoms with Gasteiger partial charge in [-0.25, -0.2) is 0 Å². The van der Waals surface area contributed by atoms with E-state index in [4.69, 9.17) is 5.73 Å². The van der Waals surface area contributed by atoms with Crippen LogP contribution in [-0.2, 0) is 0 Å². The molecule has 0 radical (unpaired) electrons. The monoisotopic (exact) mass is 213 g/mol. The van der Waals surface area contributed by atoms with Crippen molar-refractivity contribution >= 4 is 12.4 Å². The van der Waals surface area contributed by atoms with Crippen LogP contribution < -0.4 is 5.73 Å². The maximum Gasteiger partial charge on any atom is 0.0294 e. The largest absolute Gasteiger partial charge is 0.324 e. The zero-order chi connectivity index (χ0) is 9.52. The molecular weight excluding hydrogens is 194 g/mol. The molecule has 0 unspecified atom stereocenters. The summed E-state index contributed by atoms with van der Waals surface area (Å²) in [7, 11) is 0. The predicted molar refractivity (Wildman–Crippen MR) is 64.8 cm³/mol. The van der Waals surface area contributed by atoms with Crippen molar-refractivity contribution in [2.45, 2.75) is 38.6 Å². The fraction of sp³-hybridized carbons (Fsp3) is 0.500. The van der Waals surface area contributed by atoms with Crippen molar-refractivity contribution in [1.29, 1.82) is 0 Å². The summed E-state index contributed by atoms with van der Waals surface area (Å²) in [6.45, 7) is 2.22. The van der Waals surface area contributed by atoms with Gasteiger partial charge in [0.15, 0.2) is 0 Å². The Bertz CT molecular complexity index is 223. The molecule has 0 aromatic heterocycles. The Hall–Kier alpha value is -0.530. The Morgan fingerprint density at radius 2 is 1.79 bits per heavy atom. The van der Waals surface area contributed by atoms with E-state index in [0.717, 1.165) is 6.42 Å². The highest BCUT2D eigenvalue weighted by molar-refractivity contribution is 5.85. The smallest absolute Gasteiger partial charge is 0.0294 e. The topological polar surface area (TPSA) is 26.0 Å². The third kappa shape index (κ3) is 4.64. The summed E-state index contributed by atoms with van der Waals surface area (Å²) in [5.74, 6) is 0. The average molecular weight is 214 g/mol. The average Bonchev–Trinajstić information content (AvgIpc) is 2.19. The molecule has 0 amide bonds. The van der Waals surface area contributed by atoms with Crippen LogP contribution in [0.25, 0.3) is 0 Å². The molecule has 0 aliphatic rings. The van der Waals surface area contributed by atoms with E-state index in [0.29, 0.717) is 0 Å². The van der Waals surface area contributed by atoms with Crippen LogP contribution in [-0.4, -0.2) is 0 Å². The molecule has 1 rings (SSSR count). The highest BCUT2D eigenvalue weighted by atomic mass is 35.5. The second-order valence-electron chi connectivity index (χ2n) is 3.51. The number of hydrogen-bond donors (Lipinski definition) is 1. The zero-order valence-corrected chi connectivity index (χ0v) is 9.59. The van der Waals surface area contributed by atoms with Gasteiger partial charge in [-0.05, 0) is 12.0 Å². The van der Waals surface area contributed by atoms with E-state index in [1.54, 1.807) is 0 Å². The first-order valence-electron chi connectivity index (χ1n) is 5.15. The summed E-state index contributed by atoms with van der Waals surface area (Å²) in [4.78, 5) is 0. The van der Waals surface area contributed by atoms with Crippen LogP contribution in [0.3, 0.4) is 0 Å². The molecule has 1 aromatic carbocycles. The second-order valence-corrected chi connectivity index (χ2v) is 3.51. The number of benzene rings is 1. The van der Waals surface area contributed by atoms with Crippen LogP contribution in [0, 0.1) is 0 Å². The molecule has 0 aliphatic heterocycles. The summed E-state index contributed by atoms with van der Waals surface area (Å²) < 4.78 is 0. The van der Waals surface area contributed by atoms with Crippen LogP contribution in [0.1, 0.15) is 44.2 Å². The van der Waals surface area contributed by atoms with Crippen molar-refractivity contribution in [2.24, 2.45) is 5.73 Å². The summed E-state index contributed by atoms with van der Waals surface area (Å²) in [6, 6.07) is 10.6. The molecule has 0 fully saturated rings. The van der Waals surface area contributed by atoms with E-state index in [9.17, 15) is 0 Å². The van der Waals surface area contributed by atoms with Gasteiger partial charge in [0.2, 0.25) is 0 Å². The van der Waals surface area contributed by atoms with E-state index in [1.165, 1.54) is 24.8 Å². The molecular formula is C12H20ClN. The number of halogens is 1. The van der Waals surface area contributed by atoms with Crippen LogP contribution in [0.5, 0.6) is 0 Å². The van der Waals surface area contributed by atoms with Crippen molar-refractivity contribution in [2.75, 3.05) is 0 Å². The molecule has 0 saturated carbocycles.